The summed E-state index contributed by atoms with van der Waals surface area (Å²) in [5.41, 5.74) is -0.566. The fourth-order valence-electron chi connectivity index (χ4n) is 1.44. The average Bonchev–Trinajstić information content (AvgIpc) is 2.38. The van der Waals surface area contributed by atoms with Crippen LogP contribution in [-0.4, -0.2) is 20.6 Å². The van der Waals surface area contributed by atoms with Crippen LogP contribution >= 0.6 is 22.6 Å². The minimum absolute atomic E-state index is 0.0507. The van der Waals surface area contributed by atoms with Gasteiger partial charge in [-0.2, -0.15) is 0 Å². The van der Waals surface area contributed by atoms with E-state index in [0.717, 1.165) is 4.57 Å². The molecule has 1 aromatic carbocycles. The van der Waals surface area contributed by atoms with Crippen LogP contribution in [0.15, 0.2) is 51.3 Å². The number of nitrogens with zero attached hydrogens (tertiary/aromatic N) is 2. The summed E-state index contributed by atoms with van der Waals surface area (Å²) in [4.78, 5) is 25.1. The molecule has 0 aliphatic heterocycles. The number of oxime groups is 1. The van der Waals surface area contributed by atoms with Gasteiger partial charge in [-0.25, -0.2) is 9.36 Å². The highest BCUT2D eigenvalue weighted by molar-refractivity contribution is 14.1. The summed E-state index contributed by atoms with van der Waals surface area (Å²) in [7, 11) is 0. The molecular weight excluding hydrogens is 349 g/mol. The number of halogens is 1. The number of benzene rings is 1. The van der Waals surface area contributed by atoms with Crippen molar-refractivity contribution in [1.82, 2.24) is 9.55 Å². The summed E-state index contributed by atoms with van der Waals surface area (Å²) < 4.78 is 1.41. The van der Waals surface area contributed by atoms with E-state index in [0.29, 0.717) is 9.13 Å². The number of H-pyrrole nitrogens is 1. The van der Waals surface area contributed by atoms with Crippen LogP contribution in [0.1, 0.15) is 5.56 Å². The van der Waals surface area contributed by atoms with E-state index < -0.39 is 11.2 Å². The second kappa shape index (κ2) is 5.17. The topological polar surface area (TPSA) is 87.5 Å². The maximum atomic E-state index is 11.7. The molecule has 7 heteroatoms. The van der Waals surface area contributed by atoms with Crippen molar-refractivity contribution in [3.8, 4) is 0 Å². The Labute approximate surface area is 115 Å². The van der Waals surface area contributed by atoms with Gasteiger partial charge in [-0.1, -0.05) is 35.5 Å². The molecule has 0 unspecified atom stereocenters. The highest BCUT2D eigenvalue weighted by Gasteiger charge is 2.10. The van der Waals surface area contributed by atoms with Gasteiger partial charge in [0.15, 0.2) is 5.84 Å². The van der Waals surface area contributed by atoms with Gasteiger partial charge in [-0.15, -0.1) is 0 Å². The van der Waals surface area contributed by atoms with Crippen molar-refractivity contribution in [2.45, 2.75) is 0 Å². The Balaban J connectivity index is 2.65. The molecule has 0 atom stereocenters. The third kappa shape index (κ3) is 2.35. The number of hydrogen-bond acceptors (Lipinski definition) is 4. The van der Waals surface area contributed by atoms with E-state index in [4.69, 9.17) is 5.21 Å². The predicted octanol–water partition coefficient (Wildman–Crippen LogP) is 0.825. The van der Waals surface area contributed by atoms with Crippen molar-refractivity contribution in [3.63, 3.8) is 0 Å². The second-order valence-corrected chi connectivity index (χ2v) is 4.56. The Morgan fingerprint density at radius 2 is 1.94 bits per heavy atom. The third-order valence-corrected chi connectivity index (χ3v) is 3.02. The van der Waals surface area contributed by atoms with Crippen LogP contribution in [0, 0.1) is 3.57 Å². The molecule has 1 aromatic heterocycles. The van der Waals surface area contributed by atoms with Crippen molar-refractivity contribution in [1.29, 1.82) is 0 Å². The zero-order chi connectivity index (χ0) is 13.1. The summed E-state index contributed by atoms with van der Waals surface area (Å²) >= 11 is 1.80. The van der Waals surface area contributed by atoms with E-state index in [1.165, 1.54) is 6.20 Å². The van der Waals surface area contributed by atoms with Crippen LogP contribution in [0.25, 0.3) is 0 Å². The molecule has 0 aliphatic carbocycles. The van der Waals surface area contributed by atoms with Crippen molar-refractivity contribution in [2.24, 2.45) is 5.16 Å². The van der Waals surface area contributed by atoms with E-state index in [2.05, 4.69) is 10.1 Å². The Kier molecular flexibility index (Phi) is 3.60. The molecule has 18 heavy (non-hydrogen) atoms. The van der Waals surface area contributed by atoms with E-state index in [1.807, 2.05) is 0 Å². The van der Waals surface area contributed by atoms with Crippen molar-refractivity contribution in [3.05, 3.63) is 66.5 Å². The van der Waals surface area contributed by atoms with Crippen LogP contribution in [-0.2, 0) is 0 Å². The molecule has 92 valence electrons. The molecule has 2 N–H and O–H groups in total. The van der Waals surface area contributed by atoms with Gasteiger partial charge in [-0.05, 0) is 22.6 Å². The van der Waals surface area contributed by atoms with Gasteiger partial charge < -0.3 is 5.21 Å². The normalized spacial score (nSPS) is 11.5. The lowest BCUT2D eigenvalue weighted by Crippen LogP contribution is -2.35. The van der Waals surface area contributed by atoms with E-state index in [1.54, 1.807) is 52.9 Å². The highest BCUT2D eigenvalue weighted by Crippen LogP contribution is 2.03. The zero-order valence-corrected chi connectivity index (χ0v) is 11.2. The third-order valence-electron chi connectivity index (χ3n) is 2.25. The molecule has 0 amide bonds. The van der Waals surface area contributed by atoms with Crippen LogP contribution in [0.2, 0.25) is 0 Å². The summed E-state index contributed by atoms with van der Waals surface area (Å²) in [5.74, 6) is 0.0507. The molecule has 0 radical (unpaired) electrons. The van der Waals surface area contributed by atoms with Gasteiger partial charge in [0.25, 0.3) is 5.56 Å². The first kappa shape index (κ1) is 12.6. The van der Waals surface area contributed by atoms with Gasteiger partial charge in [0.1, 0.15) is 0 Å². The van der Waals surface area contributed by atoms with Crippen molar-refractivity contribution < 1.29 is 5.21 Å². The molecule has 0 aliphatic rings. The smallest absolute Gasteiger partial charge is 0.334 e. The standard InChI is InChI=1S/C11H8IN3O3/c12-8-6-15(11(17)13-10(8)16)9(14-18)7-4-2-1-3-5-7/h1-6,18H,(H,13,16,17)/b14-9+. The zero-order valence-electron chi connectivity index (χ0n) is 9.00. The fourth-order valence-corrected chi connectivity index (χ4v) is 1.85. The Hall–Kier alpha value is -1.90. The van der Waals surface area contributed by atoms with Crippen molar-refractivity contribution in [2.75, 3.05) is 0 Å². The number of aromatic amines is 1. The molecule has 0 spiro atoms. The van der Waals surface area contributed by atoms with E-state index in [9.17, 15) is 9.59 Å². The van der Waals surface area contributed by atoms with E-state index in [-0.39, 0.29) is 5.84 Å². The molecule has 2 rings (SSSR count). The molecule has 0 saturated heterocycles. The quantitative estimate of drug-likeness (QED) is 0.261. The Morgan fingerprint density at radius 3 is 2.56 bits per heavy atom. The van der Waals surface area contributed by atoms with E-state index >= 15 is 0 Å². The highest BCUT2D eigenvalue weighted by atomic mass is 127. The first-order chi connectivity index (χ1) is 8.63. The molecule has 0 fully saturated rings. The van der Waals surface area contributed by atoms with Crippen LogP contribution in [0.3, 0.4) is 0 Å². The number of nitrogens with one attached hydrogen (secondary N) is 1. The summed E-state index contributed by atoms with van der Waals surface area (Å²) in [6, 6.07) is 8.70. The van der Waals surface area contributed by atoms with Crippen LogP contribution < -0.4 is 11.2 Å². The van der Waals surface area contributed by atoms with Crippen molar-refractivity contribution >= 4 is 28.4 Å². The lowest BCUT2D eigenvalue weighted by molar-refractivity contribution is 0.317. The fraction of sp³-hybridized carbons (Fsp3) is 0. The maximum Gasteiger partial charge on any atom is 0.334 e. The van der Waals surface area contributed by atoms with Gasteiger partial charge in [0.2, 0.25) is 0 Å². The van der Waals surface area contributed by atoms with Gasteiger partial charge in [-0.3, -0.25) is 9.78 Å². The van der Waals surface area contributed by atoms with Gasteiger partial charge in [0.05, 0.1) is 3.57 Å². The molecule has 2 aromatic rings. The monoisotopic (exact) mass is 357 g/mol. The van der Waals surface area contributed by atoms with Gasteiger partial charge in [0, 0.05) is 11.8 Å². The molecule has 0 bridgehead atoms. The SMILES string of the molecule is O=c1[nH]c(=O)n(/C(=N/O)c2ccccc2)cc1I. The summed E-state index contributed by atoms with van der Waals surface area (Å²) in [5, 5.41) is 12.2. The molecule has 0 saturated carbocycles. The second-order valence-electron chi connectivity index (χ2n) is 3.40. The number of hydrogen-bond donors (Lipinski definition) is 2. The molecule has 6 nitrogen and oxygen atoms in total. The van der Waals surface area contributed by atoms with Crippen LogP contribution in [0.4, 0.5) is 0 Å². The molecular formula is C11H8IN3O3. The average molecular weight is 357 g/mol. The minimum atomic E-state index is -0.655. The summed E-state index contributed by atoms with van der Waals surface area (Å²) in [6.45, 7) is 0. The predicted molar refractivity (Wildman–Crippen MR) is 74.2 cm³/mol. The largest absolute Gasteiger partial charge is 0.409 e. The van der Waals surface area contributed by atoms with Gasteiger partial charge >= 0.3 is 5.69 Å². The number of aromatic nitrogens is 2. The maximum absolute atomic E-state index is 11.7. The first-order valence-electron chi connectivity index (χ1n) is 4.93. The molecule has 1 heterocycles. The number of rotatable bonds is 1. The minimum Gasteiger partial charge on any atom is -0.409 e. The lowest BCUT2D eigenvalue weighted by Gasteiger charge is -2.07. The Morgan fingerprint density at radius 1 is 1.28 bits per heavy atom. The summed E-state index contributed by atoms with van der Waals surface area (Å²) in [6.07, 6.45) is 1.32. The van der Waals surface area contributed by atoms with Crippen LogP contribution in [0.5, 0.6) is 0 Å². The lowest BCUT2D eigenvalue weighted by atomic mass is 10.2. The first-order valence-corrected chi connectivity index (χ1v) is 6.00. The Bertz CT molecular complexity index is 703.